The number of halogens is 3. The zero-order valence-corrected chi connectivity index (χ0v) is 21.4. The molecule has 6 N–H and O–H groups in total. The summed E-state index contributed by atoms with van der Waals surface area (Å²) in [6, 6.07) is 6.47. The summed E-state index contributed by atoms with van der Waals surface area (Å²) in [5.41, 5.74) is -0.423. The standard InChI is InChI=1S/C26H35F3N4O4/c1-5-18(24(36)32-23(26(2,3)4)25(37)31-12-17(35)14-34)19-10-11-20(28)21(29)22(19)33(30)13-15-6-8-16(27)9-7-15/h6-11,17-18,23,34-35H,5,12-14,30H2,1-4H3,(H,31,37)(H,32,36)/t17-,18?,23-/m1/s1. The second-order valence-electron chi connectivity index (χ2n) is 9.90. The molecule has 0 fully saturated rings. The van der Waals surface area contributed by atoms with Crippen LogP contribution in [0.4, 0.5) is 18.9 Å². The van der Waals surface area contributed by atoms with Crippen LogP contribution in [0.15, 0.2) is 36.4 Å². The maximum absolute atomic E-state index is 15.0. The summed E-state index contributed by atoms with van der Waals surface area (Å²) in [7, 11) is 0. The molecule has 1 unspecified atom stereocenters. The van der Waals surface area contributed by atoms with Crippen LogP contribution < -0.4 is 21.5 Å². The number of nitrogens with zero attached hydrogens (tertiary/aromatic N) is 1. The molecule has 0 spiro atoms. The van der Waals surface area contributed by atoms with Crippen molar-refractivity contribution in [3.05, 3.63) is 65.0 Å². The summed E-state index contributed by atoms with van der Waals surface area (Å²) in [4.78, 5) is 26.2. The van der Waals surface area contributed by atoms with Crippen LogP contribution in [0.3, 0.4) is 0 Å². The topological polar surface area (TPSA) is 128 Å². The van der Waals surface area contributed by atoms with Crippen LogP contribution in [-0.2, 0) is 16.1 Å². The summed E-state index contributed by atoms with van der Waals surface area (Å²) < 4.78 is 42.5. The van der Waals surface area contributed by atoms with Crippen LogP contribution >= 0.6 is 0 Å². The predicted molar refractivity (Wildman–Crippen MR) is 134 cm³/mol. The quantitative estimate of drug-likeness (QED) is 0.227. The summed E-state index contributed by atoms with van der Waals surface area (Å²) in [6.45, 7) is 6.02. The lowest BCUT2D eigenvalue weighted by Crippen LogP contribution is -2.55. The molecule has 2 amide bonds. The van der Waals surface area contributed by atoms with Gasteiger partial charge < -0.3 is 25.9 Å². The van der Waals surface area contributed by atoms with Crippen molar-refractivity contribution in [3.8, 4) is 0 Å². The van der Waals surface area contributed by atoms with Crippen LogP contribution in [0.2, 0.25) is 0 Å². The van der Waals surface area contributed by atoms with Gasteiger partial charge in [0, 0.05) is 6.54 Å². The van der Waals surface area contributed by atoms with E-state index < -0.39 is 59.4 Å². The highest BCUT2D eigenvalue weighted by molar-refractivity contribution is 5.92. The SMILES string of the molecule is CCC(C(=O)N[C@H](C(=O)NC[C@@H](O)CO)C(C)(C)C)c1ccc(F)c(F)c1N(N)Cc1ccc(F)cc1. The van der Waals surface area contributed by atoms with Gasteiger partial charge in [-0.3, -0.25) is 9.59 Å². The Hall–Kier alpha value is -3.15. The lowest BCUT2D eigenvalue weighted by molar-refractivity contribution is -0.132. The second kappa shape index (κ2) is 12.9. The van der Waals surface area contributed by atoms with Crippen LogP contribution in [-0.4, -0.2) is 47.3 Å². The third-order valence-electron chi connectivity index (χ3n) is 5.89. The van der Waals surface area contributed by atoms with E-state index >= 15 is 4.39 Å². The van der Waals surface area contributed by atoms with Gasteiger partial charge >= 0.3 is 0 Å². The van der Waals surface area contributed by atoms with Gasteiger partial charge in [0.1, 0.15) is 11.9 Å². The summed E-state index contributed by atoms with van der Waals surface area (Å²) in [5.74, 6) is 1.08. The third kappa shape index (κ3) is 7.91. The number of hydrogen-bond donors (Lipinski definition) is 5. The second-order valence-corrected chi connectivity index (χ2v) is 9.90. The Morgan fingerprint density at radius 3 is 2.22 bits per heavy atom. The number of hydrazine groups is 1. The Bertz CT molecular complexity index is 1080. The number of benzene rings is 2. The molecule has 0 radical (unpaired) electrons. The average Bonchev–Trinajstić information content (AvgIpc) is 2.84. The van der Waals surface area contributed by atoms with E-state index in [9.17, 15) is 23.5 Å². The van der Waals surface area contributed by atoms with Crippen LogP contribution in [0.25, 0.3) is 0 Å². The number of amides is 2. The van der Waals surface area contributed by atoms with E-state index in [-0.39, 0.29) is 30.8 Å². The molecule has 204 valence electrons. The van der Waals surface area contributed by atoms with Crippen molar-refractivity contribution in [2.75, 3.05) is 18.2 Å². The van der Waals surface area contributed by atoms with Gasteiger partial charge in [-0.05, 0) is 41.2 Å². The van der Waals surface area contributed by atoms with Crippen molar-refractivity contribution in [1.82, 2.24) is 10.6 Å². The van der Waals surface area contributed by atoms with Gasteiger partial charge in [-0.1, -0.05) is 45.9 Å². The molecule has 0 aliphatic heterocycles. The number of aliphatic hydroxyl groups excluding tert-OH is 2. The Kier molecular flexibility index (Phi) is 10.5. The maximum Gasteiger partial charge on any atom is 0.243 e. The predicted octanol–water partition coefficient (Wildman–Crippen LogP) is 2.48. The highest BCUT2D eigenvalue weighted by Crippen LogP contribution is 2.34. The van der Waals surface area contributed by atoms with Gasteiger partial charge in [0.2, 0.25) is 11.8 Å². The maximum atomic E-state index is 15.0. The number of nitrogens with one attached hydrogen (secondary N) is 2. The number of hydrogen-bond acceptors (Lipinski definition) is 6. The molecule has 2 aromatic carbocycles. The molecule has 0 aliphatic carbocycles. The lowest BCUT2D eigenvalue weighted by Gasteiger charge is -2.32. The summed E-state index contributed by atoms with van der Waals surface area (Å²) in [6.07, 6.45) is -0.985. The number of aliphatic hydroxyl groups is 2. The molecule has 0 aromatic heterocycles. The fourth-order valence-electron chi connectivity index (χ4n) is 3.84. The minimum Gasteiger partial charge on any atom is -0.394 e. The molecule has 0 saturated carbocycles. The molecular formula is C26H35F3N4O4. The number of nitrogens with two attached hydrogens (primary N) is 1. The molecule has 37 heavy (non-hydrogen) atoms. The minimum absolute atomic E-state index is 0.0914. The van der Waals surface area contributed by atoms with E-state index in [1.807, 2.05) is 0 Å². The highest BCUT2D eigenvalue weighted by Gasteiger charge is 2.36. The summed E-state index contributed by atoms with van der Waals surface area (Å²) >= 11 is 0. The van der Waals surface area contributed by atoms with Crippen molar-refractivity contribution in [3.63, 3.8) is 0 Å². The smallest absolute Gasteiger partial charge is 0.243 e. The van der Waals surface area contributed by atoms with Gasteiger partial charge in [-0.25, -0.2) is 19.0 Å². The first-order valence-electron chi connectivity index (χ1n) is 11.9. The average molecular weight is 525 g/mol. The zero-order valence-electron chi connectivity index (χ0n) is 21.4. The van der Waals surface area contributed by atoms with Crippen molar-refractivity contribution in [2.24, 2.45) is 11.3 Å². The van der Waals surface area contributed by atoms with Crippen molar-refractivity contribution in [1.29, 1.82) is 0 Å². The van der Waals surface area contributed by atoms with E-state index in [1.165, 1.54) is 30.3 Å². The molecule has 0 saturated heterocycles. The fourth-order valence-corrected chi connectivity index (χ4v) is 3.84. The fraction of sp³-hybridized carbons (Fsp3) is 0.462. The summed E-state index contributed by atoms with van der Waals surface area (Å²) in [5, 5.41) is 24.7. The van der Waals surface area contributed by atoms with E-state index in [2.05, 4.69) is 10.6 Å². The van der Waals surface area contributed by atoms with Crippen LogP contribution in [0.1, 0.15) is 51.2 Å². The normalized spacial score (nSPS) is 14.0. The van der Waals surface area contributed by atoms with Crippen molar-refractivity contribution in [2.45, 2.75) is 58.7 Å². The minimum atomic E-state index is -1.24. The monoisotopic (exact) mass is 524 g/mol. The number of rotatable bonds is 11. The molecule has 3 atom stereocenters. The molecular weight excluding hydrogens is 489 g/mol. The molecule has 2 rings (SSSR count). The largest absolute Gasteiger partial charge is 0.394 e. The van der Waals surface area contributed by atoms with Crippen LogP contribution in [0, 0.1) is 22.9 Å². The number of anilines is 1. The van der Waals surface area contributed by atoms with E-state index in [0.29, 0.717) is 5.56 Å². The van der Waals surface area contributed by atoms with Crippen molar-refractivity contribution < 1.29 is 33.0 Å². The van der Waals surface area contributed by atoms with E-state index in [4.69, 9.17) is 10.9 Å². The van der Waals surface area contributed by atoms with E-state index in [0.717, 1.165) is 11.1 Å². The first-order valence-corrected chi connectivity index (χ1v) is 11.9. The Morgan fingerprint density at radius 2 is 1.68 bits per heavy atom. The third-order valence-corrected chi connectivity index (χ3v) is 5.89. The van der Waals surface area contributed by atoms with E-state index in [1.54, 1.807) is 27.7 Å². The molecule has 2 aromatic rings. The lowest BCUT2D eigenvalue weighted by atomic mass is 9.85. The Balaban J connectivity index is 2.37. The van der Waals surface area contributed by atoms with Crippen LogP contribution in [0.5, 0.6) is 0 Å². The molecule has 11 heteroatoms. The Labute approximate surface area is 214 Å². The van der Waals surface area contributed by atoms with Crippen molar-refractivity contribution >= 4 is 17.5 Å². The number of carbonyl (C=O) groups is 2. The molecule has 0 heterocycles. The molecule has 8 nitrogen and oxygen atoms in total. The van der Waals surface area contributed by atoms with Gasteiger partial charge in [0.05, 0.1) is 30.9 Å². The van der Waals surface area contributed by atoms with Gasteiger partial charge in [0.15, 0.2) is 11.6 Å². The molecule has 0 bridgehead atoms. The first-order chi connectivity index (χ1) is 17.3. The number of carbonyl (C=O) groups excluding carboxylic acids is 2. The van der Waals surface area contributed by atoms with Gasteiger partial charge in [-0.2, -0.15) is 0 Å². The van der Waals surface area contributed by atoms with Gasteiger partial charge in [-0.15, -0.1) is 0 Å². The first kappa shape index (κ1) is 30.1. The zero-order chi connectivity index (χ0) is 27.9. The van der Waals surface area contributed by atoms with Gasteiger partial charge in [0.25, 0.3) is 0 Å². The highest BCUT2D eigenvalue weighted by atomic mass is 19.2. The molecule has 0 aliphatic rings. The Morgan fingerprint density at radius 1 is 1.05 bits per heavy atom.